The zero-order valence-electron chi connectivity index (χ0n) is 14.7. The fraction of sp³-hybridized carbons (Fsp3) is 0.300. The lowest BCUT2D eigenvalue weighted by molar-refractivity contribution is -0.125. The van der Waals surface area contributed by atoms with Crippen LogP contribution in [0.4, 0.5) is 0 Å². The third-order valence-corrected chi connectivity index (χ3v) is 5.41. The van der Waals surface area contributed by atoms with Crippen LogP contribution in [0, 0.1) is 25.2 Å². The number of nitrogens with zero attached hydrogens (tertiary/aromatic N) is 3. The van der Waals surface area contributed by atoms with Crippen molar-refractivity contribution in [3.63, 3.8) is 0 Å². The van der Waals surface area contributed by atoms with Crippen LogP contribution in [0.1, 0.15) is 29.8 Å². The number of benzene rings is 1. The Hall–Kier alpha value is -2.22. The highest BCUT2D eigenvalue weighted by Gasteiger charge is 2.22. The largest absolute Gasteiger partial charge is 0.338 e. The first-order valence-corrected chi connectivity index (χ1v) is 9.23. The second-order valence-corrected chi connectivity index (χ2v) is 7.24. The van der Waals surface area contributed by atoms with E-state index in [-0.39, 0.29) is 11.5 Å². The molecule has 1 aliphatic heterocycles. The third kappa shape index (κ3) is 3.51. The van der Waals surface area contributed by atoms with Gasteiger partial charge in [-0.1, -0.05) is 23.2 Å². The van der Waals surface area contributed by atoms with E-state index in [4.69, 9.17) is 23.2 Å². The van der Waals surface area contributed by atoms with Crippen LogP contribution in [-0.2, 0) is 4.79 Å². The Labute approximate surface area is 163 Å². The molecule has 6 heteroatoms. The van der Waals surface area contributed by atoms with Gasteiger partial charge in [-0.2, -0.15) is 5.26 Å². The summed E-state index contributed by atoms with van der Waals surface area (Å²) in [5.41, 5.74) is 3.82. The van der Waals surface area contributed by atoms with Crippen molar-refractivity contribution < 1.29 is 4.79 Å². The fourth-order valence-electron chi connectivity index (χ4n) is 3.34. The maximum Gasteiger partial charge on any atom is 0.264 e. The van der Waals surface area contributed by atoms with Crippen molar-refractivity contribution in [3.8, 4) is 11.8 Å². The van der Waals surface area contributed by atoms with Gasteiger partial charge < -0.3 is 9.47 Å². The maximum atomic E-state index is 12.5. The molecule has 4 nitrogen and oxygen atoms in total. The van der Waals surface area contributed by atoms with E-state index >= 15 is 0 Å². The van der Waals surface area contributed by atoms with Gasteiger partial charge in [0.2, 0.25) is 0 Å². The predicted octanol–water partition coefficient (Wildman–Crippen LogP) is 4.93. The van der Waals surface area contributed by atoms with Gasteiger partial charge in [-0.3, -0.25) is 4.79 Å². The molecule has 1 aliphatic rings. The van der Waals surface area contributed by atoms with Gasteiger partial charge in [0, 0.05) is 30.2 Å². The lowest BCUT2D eigenvalue weighted by Crippen LogP contribution is -2.28. The van der Waals surface area contributed by atoms with E-state index in [0.29, 0.717) is 10.0 Å². The van der Waals surface area contributed by atoms with Crippen LogP contribution in [0.25, 0.3) is 11.8 Å². The molecule has 2 aromatic rings. The molecule has 0 bridgehead atoms. The lowest BCUT2D eigenvalue weighted by atomic mass is 10.1. The molecule has 0 N–H and O–H groups in total. The van der Waals surface area contributed by atoms with Crippen molar-refractivity contribution in [3.05, 3.63) is 56.8 Å². The highest BCUT2D eigenvalue weighted by Crippen LogP contribution is 2.28. The first-order chi connectivity index (χ1) is 12.4. The van der Waals surface area contributed by atoms with Gasteiger partial charge in [0.25, 0.3) is 5.91 Å². The number of amides is 1. The van der Waals surface area contributed by atoms with Crippen LogP contribution in [0.2, 0.25) is 10.0 Å². The number of likely N-dealkylation sites (tertiary alicyclic amines) is 1. The summed E-state index contributed by atoms with van der Waals surface area (Å²) in [7, 11) is 0. The minimum Gasteiger partial charge on any atom is -0.338 e. The summed E-state index contributed by atoms with van der Waals surface area (Å²) in [6.45, 7) is 5.37. The molecule has 2 heterocycles. The summed E-state index contributed by atoms with van der Waals surface area (Å²) >= 11 is 12.2. The summed E-state index contributed by atoms with van der Waals surface area (Å²) in [6, 6.07) is 9.48. The molecule has 1 saturated heterocycles. The minimum atomic E-state index is -0.190. The van der Waals surface area contributed by atoms with Gasteiger partial charge in [0.15, 0.2) is 0 Å². The number of aromatic nitrogens is 1. The SMILES string of the molecule is Cc1cc(/C=C(\C#N)C(=O)N2CCCC2)c(C)n1-c1ccc(Cl)c(Cl)c1. The number of hydrogen-bond donors (Lipinski definition) is 0. The standard InChI is InChI=1S/C20H19Cl2N3O/c1-13-9-15(10-16(12-23)20(26)24-7-3-4-8-24)14(2)25(13)17-5-6-18(21)19(22)11-17/h5-6,9-11H,3-4,7-8H2,1-2H3/b16-10+. The second-order valence-electron chi connectivity index (χ2n) is 6.43. The van der Waals surface area contributed by atoms with Crippen molar-refractivity contribution in [1.82, 2.24) is 9.47 Å². The van der Waals surface area contributed by atoms with Gasteiger partial charge in [-0.25, -0.2) is 0 Å². The smallest absolute Gasteiger partial charge is 0.264 e. The van der Waals surface area contributed by atoms with Crippen molar-refractivity contribution in [1.29, 1.82) is 5.26 Å². The fourth-order valence-corrected chi connectivity index (χ4v) is 3.64. The topological polar surface area (TPSA) is 49.0 Å². The Kier molecular flexibility index (Phi) is 5.41. The molecule has 26 heavy (non-hydrogen) atoms. The summed E-state index contributed by atoms with van der Waals surface area (Å²) in [4.78, 5) is 14.3. The molecule has 1 aromatic heterocycles. The minimum absolute atomic E-state index is 0.168. The average Bonchev–Trinajstić information content (AvgIpc) is 3.24. The van der Waals surface area contributed by atoms with E-state index in [1.54, 1.807) is 23.1 Å². The third-order valence-electron chi connectivity index (χ3n) is 4.68. The van der Waals surface area contributed by atoms with Crippen LogP contribution in [0.15, 0.2) is 29.8 Å². The first-order valence-electron chi connectivity index (χ1n) is 8.48. The van der Waals surface area contributed by atoms with Gasteiger partial charge in [-0.15, -0.1) is 0 Å². The summed E-state index contributed by atoms with van der Waals surface area (Å²) in [5.74, 6) is -0.190. The monoisotopic (exact) mass is 387 g/mol. The van der Waals surface area contributed by atoms with Gasteiger partial charge in [-0.05, 0) is 62.6 Å². The summed E-state index contributed by atoms with van der Waals surface area (Å²) in [6.07, 6.45) is 3.67. The molecule has 0 unspecified atom stereocenters. The van der Waals surface area contributed by atoms with E-state index in [1.807, 2.05) is 30.5 Å². The van der Waals surface area contributed by atoms with Gasteiger partial charge in [0.05, 0.1) is 10.0 Å². The molecule has 3 rings (SSSR count). The Balaban J connectivity index is 2.00. The van der Waals surface area contributed by atoms with E-state index in [9.17, 15) is 10.1 Å². The summed E-state index contributed by atoms with van der Waals surface area (Å²) in [5, 5.41) is 10.4. The normalized spacial score (nSPS) is 14.6. The number of carbonyl (C=O) groups is 1. The van der Waals surface area contributed by atoms with Crippen LogP contribution in [-0.4, -0.2) is 28.5 Å². The molecule has 0 radical (unpaired) electrons. The molecule has 0 spiro atoms. The van der Waals surface area contributed by atoms with Crippen molar-refractivity contribution >= 4 is 35.2 Å². The zero-order valence-corrected chi connectivity index (χ0v) is 16.2. The molecule has 1 amide bonds. The lowest BCUT2D eigenvalue weighted by Gasteiger charge is -2.14. The van der Waals surface area contributed by atoms with E-state index in [1.165, 1.54) is 0 Å². The highest BCUT2D eigenvalue weighted by atomic mass is 35.5. The van der Waals surface area contributed by atoms with E-state index < -0.39 is 0 Å². The number of halogens is 2. The highest BCUT2D eigenvalue weighted by molar-refractivity contribution is 6.42. The number of aryl methyl sites for hydroxylation is 1. The quantitative estimate of drug-likeness (QED) is 0.553. The number of carbonyl (C=O) groups excluding carboxylic acids is 1. The molecule has 134 valence electrons. The Morgan fingerprint density at radius 1 is 1.15 bits per heavy atom. The molecule has 0 atom stereocenters. The summed E-state index contributed by atoms with van der Waals surface area (Å²) < 4.78 is 2.03. The van der Waals surface area contributed by atoms with Crippen LogP contribution in [0.5, 0.6) is 0 Å². The van der Waals surface area contributed by atoms with E-state index in [0.717, 1.165) is 48.6 Å². The predicted molar refractivity (Wildman–Crippen MR) is 105 cm³/mol. The Bertz CT molecular complexity index is 931. The number of nitriles is 1. The Morgan fingerprint density at radius 3 is 2.46 bits per heavy atom. The molecule has 1 aromatic carbocycles. The van der Waals surface area contributed by atoms with Crippen LogP contribution in [0.3, 0.4) is 0 Å². The zero-order chi connectivity index (χ0) is 18.8. The second kappa shape index (κ2) is 7.57. The molecule has 1 fully saturated rings. The van der Waals surface area contributed by atoms with Crippen LogP contribution >= 0.6 is 23.2 Å². The molecular weight excluding hydrogens is 369 g/mol. The first kappa shape index (κ1) is 18.6. The van der Waals surface area contributed by atoms with E-state index in [2.05, 4.69) is 6.07 Å². The molecule has 0 aliphatic carbocycles. The van der Waals surface area contributed by atoms with Gasteiger partial charge in [0.1, 0.15) is 11.6 Å². The maximum absolute atomic E-state index is 12.5. The average molecular weight is 388 g/mol. The number of rotatable bonds is 3. The van der Waals surface area contributed by atoms with Gasteiger partial charge >= 0.3 is 0 Å². The van der Waals surface area contributed by atoms with Crippen LogP contribution < -0.4 is 0 Å². The number of hydrogen-bond acceptors (Lipinski definition) is 2. The molecule has 0 saturated carbocycles. The van der Waals surface area contributed by atoms with Crippen molar-refractivity contribution in [2.45, 2.75) is 26.7 Å². The Morgan fingerprint density at radius 2 is 1.85 bits per heavy atom. The van der Waals surface area contributed by atoms with Crippen molar-refractivity contribution in [2.75, 3.05) is 13.1 Å². The molecular formula is C20H19Cl2N3O. The van der Waals surface area contributed by atoms with Crippen molar-refractivity contribution in [2.24, 2.45) is 0 Å².